The van der Waals surface area contributed by atoms with Gasteiger partial charge in [0, 0.05) is 43.0 Å². The molecule has 0 radical (unpaired) electrons. The number of aromatic nitrogens is 3. The van der Waals surface area contributed by atoms with Gasteiger partial charge in [-0.3, -0.25) is 14.7 Å². The molecule has 1 saturated heterocycles. The second-order valence-corrected chi connectivity index (χ2v) is 7.35. The average molecular weight is 414 g/mol. The molecule has 30 heavy (non-hydrogen) atoms. The predicted octanol–water partition coefficient (Wildman–Crippen LogP) is 2.31. The van der Waals surface area contributed by atoms with Crippen LogP contribution in [0, 0.1) is 5.82 Å². The first-order chi connectivity index (χ1) is 14.5. The summed E-state index contributed by atoms with van der Waals surface area (Å²) in [5.74, 6) is -0.263. The molecule has 9 heteroatoms. The van der Waals surface area contributed by atoms with Crippen molar-refractivity contribution in [3.63, 3.8) is 0 Å². The third-order valence-electron chi connectivity index (χ3n) is 5.14. The van der Waals surface area contributed by atoms with Gasteiger partial charge in [0.25, 0.3) is 11.5 Å². The van der Waals surface area contributed by atoms with Gasteiger partial charge in [0.2, 0.25) is 0 Å². The zero-order valence-corrected chi connectivity index (χ0v) is 16.6. The molecule has 1 aromatic carbocycles. The molecule has 3 heterocycles. The van der Waals surface area contributed by atoms with Crippen molar-refractivity contribution in [1.82, 2.24) is 19.9 Å². The van der Waals surface area contributed by atoms with Gasteiger partial charge >= 0.3 is 0 Å². The van der Waals surface area contributed by atoms with Crippen LogP contribution in [-0.4, -0.2) is 40.3 Å². The molecule has 1 fully saturated rings. The van der Waals surface area contributed by atoms with Crippen LogP contribution in [0.15, 0.2) is 41.2 Å². The molecule has 8 nitrogen and oxygen atoms in total. The summed E-state index contributed by atoms with van der Waals surface area (Å²) in [6, 6.07) is 8.35. The monoisotopic (exact) mass is 414 g/mol. The number of fused-ring (bicyclic) bond motifs is 1. The summed E-state index contributed by atoms with van der Waals surface area (Å²) < 4.78 is 25.3. The average Bonchev–Trinajstić information content (AvgIpc) is 3.18. The maximum Gasteiger partial charge on any atom is 0.272 e. The van der Waals surface area contributed by atoms with Gasteiger partial charge in [-0.1, -0.05) is 6.07 Å². The minimum absolute atomic E-state index is 0.245. The van der Waals surface area contributed by atoms with Crippen LogP contribution in [0.4, 0.5) is 4.39 Å². The number of ether oxygens (including phenoxy) is 2. The summed E-state index contributed by atoms with van der Waals surface area (Å²) in [7, 11) is 0. The third-order valence-corrected chi connectivity index (χ3v) is 5.14. The number of hydrogen-bond acceptors (Lipinski definition) is 5. The van der Waals surface area contributed by atoms with Crippen molar-refractivity contribution in [1.29, 1.82) is 0 Å². The molecule has 0 bridgehead atoms. The molecule has 1 unspecified atom stereocenters. The van der Waals surface area contributed by atoms with Crippen molar-refractivity contribution in [2.45, 2.75) is 31.7 Å². The number of amides is 1. The molecule has 1 amide bonds. The molecule has 4 rings (SSSR count). The summed E-state index contributed by atoms with van der Waals surface area (Å²) >= 11 is 0. The Labute approximate surface area is 172 Å². The third kappa shape index (κ3) is 4.51. The van der Waals surface area contributed by atoms with Crippen molar-refractivity contribution in [3.8, 4) is 5.75 Å². The molecule has 158 valence electrons. The van der Waals surface area contributed by atoms with Gasteiger partial charge < -0.3 is 14.8 Å². The van der Waals surface area contributed by atoms with Crippen molar-refractivity contribution in [2.75, 3.05) is 19.8 Å². The Morgan fingerprint density at radius 1 is 1.37 bits per heavy atom. The number of nitrogens with zero attached hydrogens (tertiary/aromatic N) is 2. The number of carbonyl (C=O) groups excluding carboxylic acids is 1. The highest BCUT2D eigenvalue weighted by atomic mass is 19.1. The summed E-state index contributed by atoms with van der Waals surface area (Å²) in [6.07, 6.45) is 1.79. The van der Waals surface area contributed by atoms with E-state index in [0.717, 1.165) is 18.5 Å². The fourth-order valence-corrected chi connectivity index (χ4v) is 3.53. The summed E-state index contributed by atoms with van der Waals surface area (Å²) in [4.78, 5) is 29.2. The first-order valence-electron chi connectivity index (χ1n) is 9.87. The van der Waals surface area contributed by atoms with E-state index in [2.05, 4.69) is 15.4 Å². The molecule has 0 aliphatic carbocycles. The van der Waals surface area contributed by atoms with Crippen LogP contribution in [0.25, 0.3) is 5.65 Å². The lowest BCUT2D eigenvalue weighted by Crippen LogP contribution is -2.32. The number of hydrogen-bond donors (Lipinski definition) is 2. The van der Waals surface area contributed by atoms with E-state index >= 15 is 0 Å². The topological polar surface area (TPSA) is 97.7 Å². The number of nitrogens with one attached hydrogen (secondary N) is 2. The number of rotatable bonds is 6. The van der Waals surface area contributed by atoms with E-state index in [1.807, 2.05) is 6.07 Å². The van der Waals surface area contributed by atoms with E-state index in [1.165, 1.54) is 28.8 Å². The Bertz CT molecular complexity index is 1100. The summed E-state index contributed by atoms with van der Waals surface area (Å²) in [5, 5.41) is 5.88. The highest BCUT2D eigenvalue weighted by Gasteiger charge is 2.20. The lowest BCUT2D eigenvalue weighted by molar-refractivity contribution is -0.123. The van der Waals surface area contributed by atoms with Gasteiger partial charge in [-0.05, 0) is 31.9 Å². The predicted molar refractivity (Wildman–Crippen MR) is 107 cm³/mol. The molecule has 1 aliphatic rings. The van der Waals surface area contributed by atoms with E-state index in [9.17, 15) is 14.0 Å². The number of benzene rings is 1. The van der Waals surface area contributed by atoms with Crippen LogP contribution in [0.2, 0.25) is 0 Å². The largest absolute Gasteiger partial charge is 0.484 e. The van der Waals surface area contributed by atoms with E-state index in [-0.39, 0.29) is 17.9 Å². The van der Waals surface area contributed by atoms with Gasteiger partial charge in [0.1, 0.15) is 11.6 Å². The lowest BCUT2D eigenvalue weighted by Gasteiger charge is -2.20. The van der Waals surface area contributed by atoms with Crippen LogP contribution in [-0.2, 0) is 9.53 Å². The molecular weight excluding hydrogens is 391 g/mol. The second-order valence-electron chi connectivity index (χ2n) is 7.35. The van der Waals surface area contributed by atoms with Gasteiger partial charge in [0.05, 0.1) is 11.7 Å². The van der Waals surface area contributed by atoms with Gasteiger partial charge in [-0.2, -0.15) is 0 Å². The van der Waals surface area contributed by atoms with E-state index in [1.54, 1.807) is 13.0 Å². The minimum atomic E-state index is -0.493. The normalized spacial score (nSPS) is 15.8. The number of H-pyrrole nitrogens is 1. The van der Waals surface area contributed by atoms with Crippen molar-refractivity contribution in [3.05, 3.63) is 64.0 Å². The Kier molecular flexibility index (Phi) is 5.80. The van der Waals surface area contributed by atoms with Gasteiger partial charge in [0.15, 0.2) is 12.3 Å². The Hall–Kier alpha value is -3.20. The van der Waals surface area contributed by atoms with Crippen LogP contribution in [0.3, 0.4) is 0 Å². The van der Waals surface area contributed by atoms with Crippen molar-refractivity contribution in [2.24, 2.45) is 0 Å². The smallest absolute Gasteiger partial charge is 0.272 e. The number of aromatic amines is 1. The van der Waals surface area contributed by atoms with Gasteiger partial charge in [-0.15, -0.1) is 0 Å². The fourth-order valence-electron chi connectivity index (χ4n) is 3.53. The summed E-state index contributed by atoms with van der Waals surface area (Å²) in [6.45, 7) is 2.88. The molecular formula is C21H23FN4O4. The van der Waals surface area contributed by atoms with Crippen LogP contribution in [0.1, 0.15) is 43.1 Å². The zero-order valence-electron chi connectivity index (χ0n) is 16.6. The minimum Gasteiger partial charge on any atom is -0.484 e. The Morgan fingerprint density at radius 3 is 2.93 bits per heavy atom. The molecule has 0 saturated carbocycles. The van der Waals surface area contributed by atoms with E-state index < -0.39 is 17.8 Å². The molecule has 2 N–H and O–H groups in total. The maximum atomic E-state index is 13.2. The highest BCUT2D eigenvalue weighted by Crippen LogP contribution is 2.26. The Morgan fingerprint density at radius 2 is 2.17 bits per heavy atom. The molecule has 3 aromatic rings. The molecule has 0 spiro atoms. The SMILES string of the molecule is CC(NC(=O)COc1cccc(F)c1)c1cc(=O)n2[nH]c(C3CCOCC3)cc2n1. The molecule has 1 atom stereocenters. The highest BCUT2D eigenvalue weighted by molar-refractivity contribution is 5.77. The Balaban J connectivity index is 1.44. The van der Waals surface area contributed by atoms with Crippen LogP contribution in [0.5, 0.6) is 5.75 Å². The zero-order chi connectivity index (χ0) is 21.1. The van der Waals surface area contributed by atoms with Crippen molar-refractivity contribution >= 4 is 11.6 Å². The molecule has 1 aliphatic heterocycles. The number of halogens is 1. The van der Waals surface area contributed by atoms with Crippen LogP contribution < -0.4 is 15.6 Å². The standard InChI is InChI=1S/C21H23FN4O4/c1-13(23-20(27)12-30-16-4-2-3-15(22)9-16)17-11-21(28)26-19(24-17)10-18(25-26)14-5-7-29-8-6-14/h2-4,9-11,13-14,25H,5-8,12H2,1H3,(H,23,27). The fraction of sp³-hybridized carbons (Fsp3) is 0.381. The van der Waals surface area contributed by atoms with Gasteiger partial charge in [-0.25, -0.2) is 13.9 Å². The quantitative estimate of drug-likeness (QED) is 0.645. The first-order valence-corrected chi connectivity index (χ1v) is 9.87. The summed E-state index contributed by atoms with van der Waals surface area (Å²) in [5.41, 5.74) is 1.68. The lowest BCUT2D eigenvalue weighted by atomic mass is 9.97. The van der Waals surface area contributed by atoms with E-state index in [4.69, 9.17) is 9.47 Å². The number of carbonyl (C=O) groups is 1. The second kappa shape index (κ2) is 8.66. The van der Waals surface area contributed by atoms with Crippen molar-refractivity contribution < 1.29 is 18.7 Å². The van der Waals surface area contributed by atoms with Crippen LogP contribution >= 0.6 is 0 Å². The molecule has 2 aromatic heterocycles. The first kappa shape index (κ1) is 20.1. The van der Waals surface area contributed by atoms with E-state index in [0.29, 0.717) is 30.5 Å². The maximum absolute atomic E-state index is 13.2.